The minimum atomic E-state index is -1.44. The number of aliphatic hydroxyl groups excluding tert-OH is 6. The van der Waals surface area contributed by atoms with Gasteiger partial charge >= 0.3 is 0 Å². The highest BCUT2D eigenvalue weighted by Crippen LogP contribution is 2.46. The van der Waals surface area contributed by atoms with Crippen molar-refractivity contribution in [1.82, 2.24) is 5.32 Å². The topological polar surface area (TPSA) is 171 Å². The van der Waals surface area contributed by atoms with Crippen LogP contribution in [0.3, 0.4) is 0 Å². The molecule has 38 heavy (non-hydrogen) atoms. The van der Waals surface area contributed by atoms with Gasteiger partial charge in [-0.2, -0.15) is 0 Å². The molecular weight excluding hydrogens is 510 g/mol. The van der Waals surface area contributed by atoms with Gasteiger partial charge in [0.2, 0.25) is 5.91 Å². The van der Waals surface area contributed by atoms with Crippen LogP contribution < -0.4 is 5.32 Å². The van der Waals surface area contributed by atoms with Crippen molar-refractivity contribution in [3.8, 4) is 5.75 Å². The molecular formula is C28H39NO8S. The fourth-order valence-electron chi connectivity index (χ4n) is 4.56. The van der Waals surface area contributed by atoms with Gasteiger partial charge < -0.3 is 41.1 Å². The van der Waals surface area contributed by atoms with Crippen LogP contribution in [0, 0.1) is 6.92 Å². The number of aryl methyl sites for hydroxylation is 2. The second-order valence-corrected chi connectivity index (χ2v) is 11.7. The molecule has 0 saturated carbocycles. The average molecular weight is 550 g/mol. The predicted octanol–water partition coefficient (Wildman–Crippen LogP) is 0.705. The van der Waals surface area contributed by atoms with Gasteiger partial charge in [0.05, 0.1) is 48.1 Å². The van der Waals surface area contributed by atoms with Gasteiger partial charge in [-0.25, -0.2) is 0 Å². The summed E-state index contributed by atoms with van der Waals surface area (Å²) in [4.78, 5) is 12.1. The van der Waals surface area contributed by atoms with Gasteiger partial charge in [-0.15, -0.1) is 11.8 Å². The van der Waals surface area contributed by atoms with E-state index in [0.29, 0.717) is 24.8 Å². The zero-order valence-corrected chi connectivity index (χ0v) is 22.6. The molecule has 3 rings (SSSR count). The van der Waals surface area contributed by atoms with Crippen molar-refractivity contribution in [3.05, 3.63) is 64.2 Å². The van der Waals surface area contributed by atoms with E-state index in [4.69, 9.17) is 0 Å². The van der Waals surface area contributed by atoms with E-state index in [9.17, 15) is 40.5 Å². The van der Waals surface area contributed by atoms with Crippen molar-refractivity contribution in [1.29, 1.82) is 0 Å². The first kappa shape index (κ1) is 30.4. The first-order chi connectivity index (χ1) is 18.0. The number of phenolic OH excluding ortho intramolecular Hbond substituents is 1. The summed E-state index contributed by atoms with van der Waals surface area (Å²) in [5.74, 6) is -0.236. The minimum Gasteiger partial charge on any atom is -0.508 e. The summed E-state index contributed by atoms with van der Waals surface area (Å²) in [5, 5.41) is 71.1. The molecule has 210 valence electrons. The number of hydrogen-bond donors (Lipinski definition) is 8. The molecule has 2 aromatic rings. The van der Waals surface area contributed by atoms with Crippen LogP contribution in [0.1, 0.15) is 52.8 Å². The monoisotopic (exact) mass is 549 g/mol. The molecule has 0 bridgehead atoms. The SMILES string of the molecule is Cc1cc(O)c([C@@H]2S[C@H](CO)[C@@H](O)[C@H](O)[C@H]2O)cc1Cc1ccc(CCCC(=O)NC(C)(CO)CO)cc1. The summed E-state index contributed by atoms with van der Waals surface area (Å²) in [5.41, 5.74) is 3.33. The molecule has 1 aliphatic rings. The van der Waals surface area contributed by atoms with Crippen molar-refractivity contribution < 1.29 is 40.5 Å². The van der Waals surface area contributed by atoms with Crippen LogP contribution in [-0.2, 0) is 17.6 Å². The van der Waals surface area contributed by atoms with Gasteiger partial charge in [-0.3, -0.25) is 4.79 Å². The van der Waals surface area contributed by atoms with Gasteiger partial charge in [0.15, 0.2) is 0 Å². The van der Waals surface area contributed by atoms with Crippen molar-refractivity contribution in [2.45, 2.75) is 73.9 Å². The average Bonchev–Trinajstić information content (AvgIpc) is 2.90. The van der Waals surface area contributed by atoms with E-state index < -0.39 is 34.4 Å². The number of hydrogen-bond acceptors (Lipinski definition) is 9. The predicted molar refractivity (Wildman–Crippen MR) is 145 cm³/mol. The van der Waals surface area contributed by atoms with E-state index in [1.807, 2.05) is 37.3 Å². The lowest BCUT2D eigenvalue weighted by atomic mass is 9.92. The van der Waals surface area contributed by atoms with E-state index in [0.717, 1.165) is 34.0 Å². The maximum Gasteiger partial charge on any atom is 0.220 e. The molecule has 0 radical (unpaired) electrons. The van der Waals surface area contributed by atoms with Gasteiger partial charge in [-0.1, -0.05) is 30.3 Å². The van der Waals surface area contributed by atoms with Crippen molar-refractivity contribution in [3.63, 3.8) is 0 Å². The van der Waals surface area contributed by atoms with E-state index in [-0.39, 0.29) is 37.9 Å². The Morgan fingerprint density at radius 1 is 0.974 bits per heavy atom. The smallest absolute Gasteiger partial charge is 0.220 e. The molecule has 1 heterocycles. The number of nitrogens with one attached hydrogen (secondary N) is 1. The molecule has 0 spiro atoms. The minimum absolute atomic E-state index is 0.0132. The lowest BCUT2D eigenvalue weighted by Gasteiger charge is -2.40. The van der Waals surface area contributed by atoms with E-state index in [1.165, 1.54) is 0 Å². The van der Waals surface area contributed by atoms with E-state index >= 15 is 0 Å². The summed E-state index contributed by atoms with van der Waals surface area (Å²) in [6, 6.07) is 11.4. The number of benzene rings is 2. The van der Waals surface area contributed by atoms with Crippen LogP contribution in [0.25, 0.3) is 0 Å². The van der Waals surface area contributed by atoms with Crippen molar-refractivity contribution >= 4 is 17.7 Å². The Bertz CT molecular complexity index is 1070. The Morgan fingerprint density at radius 2 is 1.61 bits per heavy atom. The molecule has 9 nitrogen and oxygen atoms in total. The highest BCUT2D eigenvalue weighted by molar-refractivity contribution is 8.00. The number of carbonyl (C=O) groups is 1. The van der Waals surface area contributed by atoms with E-state index in [2.05, 4.69) is 5.32 Å². The molecule has 2 aromatic carbocycles. The van der Waals surface area contributed by atoms with Crippen LogP contribution >= 0.6 is 11.8 Å². The normalized spacial score (nSPS) is 23.8. The van der Waals surface area contributed by atoms with Gasteiger partial charge in [0, 0.05) is 12.0 Å². The van der Waals surface area contributed by atoms with Gasteiger partial charge in [0.1, 0.15) is 11.9 Å². The number of aromatic hydroxyl groups is 1. The lowest BCUT2D eigenvalue weighted by Crippen LogP contribution is -2.51. The Morgan fingerprint density at radius 3 is 2.21 bits per heavy atom. The Kier molecular flexibility index (Phi) is 10.6. The third kappa shape index (κ3) is 7.26. The second kappa shape index (κ2) is 13.3. The van der Waals surface area contributed by atoms with Crippen molar-refractivity contribution in [2.75, 3.05) is 19.8 Å². The van der Waals surface area contributed by atoms with Crippen LogP contribution in [0.2, 0.25) is 0 Å². The summed E-state index contributed by atoms with van der Waals surface area (Å²) in [7, 11) is 0. The molecule has 1 aliphatic heterocycles. The molecule has 1 fully saturated rings. The molecule has 0 unspecified atom stereocenters. The van der Waals surface area contributed by atoms with Crippen molar-refractivity contribution in [2.24, 2.45) is 0 Å². The number of rotatable bonds is 11. The standard InChI is InChI=1S/C28H39NO8S/c1-16-10-21(33)20(27-26(37)25(36)24(35)22(13-30)38-27)12-19(16)11-18-8-6-17(7-9-18)4-3-5-23(34)29-28(2,14-31)15-32/h6-10,12,22,24-27,30-33,35-37H,3-5,11,13-15H2,1-2H3,(H,29,34)/t22-,24-,25+,26-,27+/m1/s1. The number of aliphatic hydroxyl groups is 6. The molecule has 0 aromatic heterocycles. The summed E-state index contributed by atoms with van der Waals surface area (Å²) in [6.07, 6.45) is -1.84. The Balaban J connectivity index is 1.65. The van der Waals surface area contributed by atoms with Gasteiger partial charge in [-0.05, 0) is 61.4 Å². The van der Waals surface area contributed by atoms with Crippen LogP contribution in [-0.4, -0.2) is 90.6 Å². The molecule has 1 saturated heterocycles. The number of carbonyl (C=O) groups excluding carboxylic acids is 1. The number of phenols is 1. The highest BCUT2D eigenvalue weighted by Gasteiger charge is 2.44. The number of thioether (sulfide) groups is 1. The van der Waals surface area contributed by atoms with Crippen LogP contribution in [0.5, 0.6) is 5.75 Å². The Labute approximate surface area is 227 Å². The third-order valence-corrected chi connectivity index (χ3v) is 8.71. The first-order valence-electron chi connectivity index (χ1n) is 12.8. The van der Waals surface area contributed by atoms with E-state index in [1.54, 1.807) is 13.0 Å². The maximum atomic E-state index is 12.1. The highest BCUT2D eigenvalue weighted by atomic mass is 32.2. The largest absolute Gasteiger partial charge is 0.508 e. The fourth-order valence-corrected chi connectivity index (χ4v) is 6.00. The molecule has 0 aliphatic carbocycles. The summed E-state index contributed by atoms with van der Waals surface area (Å²) in [6.45, 7) is 2.42. The zero-order valence-electron chi connectivity index (χ0n) is 21.7. The Hall–Kier alpha value is -2.18. The first-order valence-corrected chi connectivity index (χ1v) is 13.7. The molecule has 10 heteroatoms. The maximum absolute atomic E-state index is 12.1. The lowest BCUT2D eigenvalue weighted by molar-refractivity contribution is -0.124. The fraction of sp³-hybridized carbons (Fsp3) is 0.536. The summed E-state index contributed by atoms with van der Waals surface area (Å²) >= 11 is 1.13. The second-order valence-electron chi connectivity index (χ2n) is 10.4. The number of amides is 1. The molecule has 1 amide bonds. The quantitative estimate of drug-likeness (QED) is 0.201. The molecule has 5 atom stereocenters. The summed E-state index contributed by atoms with van der Waals surface area (Å²) < 4.78 is 0. The zero-order chi connectivity index (χ0) is 28.0. The molecule has 8 N–H and O–H groups in total. The van der Waals surface area contributed by atoms with Gasteiger partial charge in [0.25, 0.3) is 0 Å². The van der Waals surface area contributed by atoms with Crippen LogP contribution in [0.15, 0.2) is 36.4 Å². The third-order valence-electron chi connectivity index (χ3n) is 7.11. The van der Waals surface area contributed by atoms with Crippen LogP contribution in [0.4, 0.5) is 0 Å².